The molecule has 0 aliphatic heterocycles. The third kappa shape index (κ3) is 5.72. The summed E-state index contributed by atoms with van der Waals surface area (Å²) in [4.78, 5) is 0. The van der Waals surface area contributed by atoms with Crippen molar-refractivity contribution >= 4 is 0 Å². The van der Waals surface area contributed by atoms with Crippen LogP contribution in [0.3, 0.4) is 0 Å². The van der Waals surface area contributed by atoms with Gasteiger partial charge in [0.2, 0.25) is 0 Å². The molecule has 4 nitrogen and oxygen atoms in total. The van der Waals surface area contributed by atoms with Crippen LogP contribution < -0.4 is 10.9 Å². The van der Waals surface area contributed by atoms with Gasteiger partial charge in [-0.15, -0.1) is 0 Å². The molecule has 0 radical (unpaired) electrons. The Morgan fingerprint density at radius 2 is 2.33 bits per heavy atom. The van der Waals surface area contributed by atoms with Gasteiger partial charge >= 0.3 is 0 Å². The molecule has 9 heavy (non-hydrogen) atoms. The Labute approximate surface area is 55.2 Å². The van der Waals surface area contributed by atoms with Gasteiger partial charge in [-0.2, -0.15) is 0 Å². The lowest BCUT2D eigenvalue weighted by Gasteiger charge is -2.12. The first-order valence-electron chi connectivity index (χ1n) is 2.96. The zero-order chi connectivity index (χ0) is 7.11. The van der Waals surface area contributed by atoms with E-state index in [1.807, 2.05) is 6.92 Å². The molecule has 0 saturated carbocycles. The first-order chi connectivity index (χ1) is 4.31. The van der Waals surface area contributed by atoms with Gasteiger partial charge < -0.3 is 9.84 Å². The van der Waals surface area contributed by atoms with E-state index in [0.717, 1.165) is 0 Å². The molecule has 1 atom stereocenters. The van der Waals surface area contributed by atoms with Crippen molar-refractivity contribution in [3.63, 3.8) is 0 Å². The van der Waals surface area contributed by atoms with Crippen LogP contribution in [-0.4, -0.2) is 31.6 Å². The smallest absolute Gasteiger partial charge is 0.117 e. The second kappa shape index (κ2) is 5.97. The fraction of sp³-hybridized carbons (Fsp3) is 1.00. The molecule has 0 aromatic rings. The number of rotatable bonds is 5. The maximum absolute atomic E-state index is 8.31. The van der Waals surface area contributed by atoms with Crippen LogP contribution in [0.15, 0.2) is 0 Å². The summed E-state index contributed by atoms with van der Waals surface area (Å²) in [6.45, 7) is 2.29. The Hall–Kier alpha value is -0.160. The second-order valence-corrected chi connectivity index (χ2v) is 1.63. The van der Waals surface area contributed by atoms with Gasteiger partial charge in [0.05, 0.1) is 13.2 Å². The van der Waals surface area contributed by atoms with Crippen LogP contribution in [0.5, 0.6) is 0 Å². The third-order valence-electron chi connectivity index (χ3n) is 0.807. The van der Waals surface area contributed by atoms with Gasteiger partial charge in [-0.1, -0.05) is 0 Å². The van der Waals surface area contributed by atoms with E-state index in [2.05, 4.69) is 10.9 Å². The zero-order valence-electron chi connectivity index (χ0n) is 5.85. The van der Waals surface area contributed by atoms with Crippen molar-refractivity contribution in [2.75, 3.05) is 20.3 Å². The molecule has 0 fully saturated rings. The molecular weight excluding hydrogens is 120 g/mol. The fourth-order valence-corrected chi connectivity index (χ4v) is 0.474. The molecule has 0 bridgehead atoms. The average molecular weight is 134 g/mol. The molecule has 0 saturated heterocycles. The Kier molecular flexibility index (Phi) is 5.86. The number of ether oxygens (including phenoxy) is 1. The van der Waals surface area contributed by atoms with E-state index in [9.17, 15) is 0 Å². The predicted octanol–water partition coefficient (Wildman–Crippen LogP) is -0.935. The van der Waals surface area contributed by atoms with Gasteiger partial charge in [-0.3, -0.25) is 5.43 Å². The van der Waals surface area contributed by atoms with Crippen molar-refractivity contribution in [1.29, 1.82) is 0 Å². The first-order valence-corrected chi connectivity index (χ1v) is 2.96. The van der Waals surface area contributed by atoms with E-state index in [-0.39, 0.29) is 12.8 Å². The van der Waals surface area contributed by atoms with Crippen LogP contribution in [-0.2, 0) is 4.74 Å². The molecule has 0 aliphatic rings. The average Bonchev–Trinajstić information content (AvgIpc) is 1.85. The van der Waals surface area contributed by atoms with E-state index >= 15 is 0 Å². The normalized spacial score (nSPS) is 13.7. The quantitative estimate of drug-likeness (QED) is 0.336. The summed E-state index contributed by atoms with van der Waals surface area (Å²) >= 11 is 0. The van der Waals surface area contributed by atoms with E-state index in [1.54, 1.807) is 7.05 Å². The van der Waals surface area contributed by atoms with Crippen molar-refractivity contribution in [2.45, 2.75) is 13.2 Å². The number of hydrogen-bond donors (Lipinski definition) is 3. The summed E-state index contributed by atoms with van der Waals surface area (Å²) in [6.07, 6.45) is -0.0536. The van der Waals surface area contributed by atoms with E-state index in [4.69, 9.17) is 9.84 Å². The van der Waals surface area contributed by atoms with Crippen LogP contribution in [0.25, 0.3) is 0 Å². The highest BCUT2D eigenvalue weighted by atomic mass is 16.5. The summed E-state index contributed by atoms with van der Waals surface area (Å²) < 4.78 is 5.01. The molecular formula is C5H14N2O2. The van der Waals surface area contributed by atoms with Crippen molar-refractivity contribution in [2.24, 2.45) is 0 Å². The highest BCUT2D eigenvalue weighted by Crippen LogP contribution is 1.80. The van der Waals surface area contributed by atoms with Crippen molar-refractivity contribution in [1.82, 2.24) is 10.9 Å². The SMILES string of the molecule is CNNC(C)OCCO. The lowest BCUT2D eigenvalue weighted by atomic mass is 10.6. The standard InChI is InChI=1S/C5H14N2O2/c1-5(7-6-2)9-4-3-8/h5-8H,3-4H2,1-2H3. The Morgan fingerprint density at radius 3 is 2.78 bits per heavy atom. The van der Waals surface area contributed by atoms with Gasteiger partial charge in [0.25, 0.3) is 0 Å². The zero-order valence-corrected chi connectivity index (χ0v) is 5.85. The van der Waals surface area contributed by atoms with Crippen molar-refractivity contribution in [3.05, 3.63) is 0 Å². The molecule has 0 heterocycles. The summed E-state index contributed by atoms with van der Waals surface area (Å²) in [5.41, 5.74) is 5.52. The number of aliphatic hydroxyl groups excluding tert-OH is 1. The van der Waals surface area contributed by atoms with Crippen LogP contribution in [0.4, 0.5) is 0 Å². The summed E-state index contributed by atoms with van der Waals surface area (Å²) in [5.74, 6) is 0. The molecule has 1 unspecified atom stereocenters. The third-order valence-corrected chi connectivity index (χ3v) is 0.807. The fourth-order valence-electron chi connectivity index (χ4n) is 0.474. The monoisotopic (exact) mass is 134 g/mol. The van der Waals surface area contributed by atoms with Crippen molar-refractivity contribution in [3.8, 4) is 0 Å². The maximum Gasteiger partial charge on any atom is 0.117 e. The van der Waals surface area contributed by atoms with Gasteiger partial charge in [-0.05, 0) is 14.0 Å². The van der Waals surface area contributed by atoms with Gasteiger partial charge in [0, 0.05) is 0 Å². The van der Waals surface area contributed by atoms with E-state index < -0.39 is 0 Å². The van der Waals surface area contributed by atoms with Gasteiger partial charge in [0.15, 0.2) is 0 Å². The molecule has 4 heteroatoms. The number of nitrogens with one attached hydrogen (secondary N) is 2. The number of hydrogen-bond acceptors (Lipinski definition) is 4. The Balaban J connectivity index is 2.95. The summed E-state index contributed by atoms with van der Waals surface area (Å²) in [6, 6.07) is 0. The lowest BCUT2D eigenvalue weighted by Crippen LogP contribution is -2.38. The highest BCUT2D eigenvalue weighted by molar-refractivity contribution is 4.38. The molecule has 56 valence electrons. The number of aliphatic hydroxyl groups is 1. The van der Waals surface area contributed by atoms with Crippen LogP contribution in [0, 0.1) is 0 Å². The van der Waals surface area contributed by atoms with Gasteiger partial charge in [0.1, 0.15) is 6.23 Å². The molecule has 0 spiro atoms. The summed E-state index contributed by atoms with van der Waals surface area (Å²) in [5, 5.41) is 8.31. The minimum absolute atomic E-state index is 0.0536. The Morgan fingerprint density at radius 1 is 1.67 bits per heavy atom. The van der Waals surface area contributed by atoms with Crippen molar-refractivity contribution < 1.29 is 9.84 Å². The molecule has 0 aliphatic carbocycles. The minimum Gasteiger partial charge on any atom is -0.394 e. The molecule has 0 aromatic heterocycles. The lowest BCUT2D eigenvalue weighted by molar-refractivity contribution is 0.0136. The van der Waals surface area contributed by atoms with E-state index in [1.165, 1.54) is 0 Å². The Bertz CT molecular complexity index is 60.9. The molecule has 0 amide bonds. The maximum atomic E-state index is 8.31. The molecule has 0 rings (SSSR count). The van der Waals surface area contributed by atoms with Gasteiger partial charge in [-0.25, -0.2) is 5.43 Å². The van der Waals surface area contributed by atoms with Crippen LogP contribution in [0.2, 0.25) is 0 Å². The second-order valence-electron chi connectivity index (χ2n) is 1.63. The van der Waals surface area contributed by atoms with Crippen LogP contribution >= 0.6 is 0 Å². The highest BCUT2D eigenvalue weighted by Gasteiger charge is 1.95. The molecule has 3 N–H and O–H groups in total. The number of hydrazine groups is 1. The minimum atomic E-state index is -0.0536. The van der Waals surface area contributed by atoms with Crippen LogP contribution in [0.1, 0.15) is 6.92 Å². The van der Waals surface area contributed by atoms with E-state index in [0.29, 0.717) is 6.61 Å². The first kappa shape index (κ1) is 8.84. The summed E-state index contributed by atoms with van der Waals surface area (Å²) in [7, 11) is 1.76. The predicted molar refractivity (Wildman–Crippen MR) is 34.7 cm³/mol. The largest absolute Gasteiger partial charge is 0.394 e. The topological polar surface area (TPSA) is 53.5 Å². The molecule has 0 aromatic carbocycles.